The summed E-state index contributed by atoms with van der Waals surface area (Å²) < 4.78 is 1.73. The average Bonchev–Trinajstić information content (AvgIpc) is 3.01. The highest BCUT2D eigenvalue weighted by Gasteiger charge is 2.32. The number of hydrogen-bond acceptors (Lipinski definition) is 4. The molecule has 0 saturated heterocycles. The molecule has 102 valence electrons. The Bertz CT molecular complexity index is 334. The minimum absolute atomic E-state index is 0.0470. The monoisotopic (exact) mass is 253 g/mol. The second kappa shape index (κ2) is 6.31. The first-order valence-electron chi connectivity index (χ1n) is 6.71. The number of nitrogens with zero attached hydrogens (tertiary/aromatic N) is 2. The van der Waals surface area contributed by atoms with Gasteiger partial charge in [-0.05, 0) is 18.9 Å². The van der Waals surface area contributed by atoms with Crippen molar-refractivity contribution in [1.29, 1.82) is 0 Å². The summed E-state index contributed by atoms with van der Waals surface area (Å²) in [6, 6.07) is 1.85. The van der Waals surface area contributed by atoms with Crippen molar-refractivity contribution in [2.75, 3.05) is 19.7 Å². The fraction of sp³-hybridized carbons (Fsp3) is 0.769. The van der Waals surface area contributed by atoms with Crippen molar-refractivity contribution in [3.63, 3.8) is 0 Å². The fourth-order valence-electron chi connectivity index (χ4n) is 2.71. The molecule has 0 spiro atoms. The zero-order valence-electron chi connectivity index (χ0n) is 10.8. The third-order valence-electron chi connectivity index (χ3n) is 3.84. The summed E-state index contributed by atoms with van der Waals surface area (Å²) in [6.45, 7) is 2.09. The molecule has 0 aliphatic heterocycles. The molecule has 0 radical (unpaired) electrons. The number of nitrogens with one attached hydrogen (secondary N) is 1. The zero-order chi connectivity index (χ0) is 12.8. The van der Waals surface area contributed by atoms with Crippen LogP contribution < -0.4 is 5.32 Å². The predicted molar refractivity (Wildman–Crippen MR) is 69.1 cm³/mol. The van der Waals surface area contributed by atoms with Crippen molar-refractivity contribution in [3.05, 3.63) is 18.5 Å². The van der Waals surface area contributed by atoms with Crippen molar-refractivity contribution < 1.29 is 10.2 Å². The molecule has 1 aromatic rings. The molecule has 3 N–H and O–H groups in total. The molecule has 1 unspecified atom stereocenters. The summed E-state index contributed by atoms with van der Waals surface area (Å²) in [5.41, 5.74) is 0.0470. The molecule has 18 heavy (non-hydrogen) atoms. The molecule has 1 aromatic heterocycles. The number of aliphatic hydroxyl groups is 2. The highest BCUT2D eigenvalue weighted by molar-refractivity contribution is 4.86. The van der Waals surface area contributed by atoms with Crippen molar-refractivity contribution in [3.8, 4) is 0 Å². The maximum absolute atomic E-state index is 9.87. The van der Waals surface area contributed by atoms with Crippen LogP contribution in [0, 0.1) is 5.41 Å². The smallest absolute Gasteiger partial charge is 0.0860 e. The summed E-state index contributed by atoms with van der Waals surface area (Å²) >= 11 is 0. The number of aliphatic hydroxyl groups excluding tert-OH is 2. The number of aromatic nitrogens is 2. The van der Waals surface area contributed by atoms with Crippen LogP contribution in [-0.2, 0) is 6.54 Å². The van der Waals surface area contributed by atoms with Crippen molar-refractivity contribution in [2.24, 2.45) is 5.41 Å². The van der Waals surface area contributed by atoms with Crippen molar-refractivity contribution >= 4 is 0 Å². The lowest BCUT2D eigenvalue weighted by molar-refractivity contribution is 0.110. The van der Waals surface area contributed by atoms with Gasteiger partial charge in [-0.15, -0.1) is 0 Å². The Kier molecular flexibility index (Phi) is 4.74. The molecule has 0 aromatic carbocycles. The maximum atomic E-state index is 9.87. The van der Waals surface area contributed by atoms with Gasteiger partial charge in [-0.25, -0.2) is 0 Å². The van der Waals surface area contributed by atoms with Crippen LogP contribution in [0.5, 0.6) is 0 Å². The lowest BCUT2D eigenvalue weighted by Gasteiger charge is -2.27. The van der Waals surface area contributed by atoms with Crippen LogP contribution in [0.2, 0.25) is 0 Å². The summed E-state index contributed by atoms with van der Waals surface area (Å²) in [5, 5.41) is 26.7. The molecule has 1 aliphatic carbocycles. The lowest BCUT2D eigenvalue weighted by Crippen LogP contribution is -2.39. The standard InChI is InChI=1S/C13H23N3O2/c17-11-13(4-1-2-5-13)10-14-8-12(18)9-16-7-3-6-15-16/h3,6-7,12,14,17-18H,1-2,4-5,8-11H2. The van der Waals surface area contributed by atoms with E-state index in [0.29, 0.717) is 13.1 Å². The number of rotatable bonds is 7. The normalized spacial score (nSPS) is 20.1. The predicted octanol–water partition coefficient (Wildman–Crippen LogP) is 0.386. The van der Waals surface area contributed by atoms with Crippen LogP contribution in [0.4, 0.5) is 0 Å². The molecule has 2 rings (SSSR count). The molecule has 1 aliphatic rings. The van der Waals surface area contributed by atoms with Crippen LogP contribution in [-0.4, -0.2) is 45.8 Å². The first-order valence-corrected chi connectivity index (χ1v) is 6.71. The van der Waals surface area contributed by atoms with Gasteiger partial charge >= 0.3 is 0 Å². The van der Waals surface area contributed by atoms with Gasteiger partial charge in [-0.3, -0.25) is 4.68 Å². The van der Waals surface area contributed by atoms with Crippen molar-refractivity contribution in [1.82, 2.24) is 15.1 Å². The minimum Gasteiger partial charge on any atom is -0.396 e. The van der Waals surface area contributed by atoms with E-state index < -0.39 is 6.10 Å². The van der Waals surface area contributed by atoms with E-state index in [-0.39, 0.29) is 12.0 Å². The van der Waals surface area contributed by atoms with Crippen LogP contribution >= 0.6 is 0 Å². The van der Waals surface area contributed by atoms with E-state index in [4.69, 9.17) is 0 Å². The van der Waals surface area contributed by atoms with Gasteiger partial charge in [0.05, 0.1) is 12.6 Å². The minimum atomic E-state index is -0.443. The van der Waals surface area contributed by atoms with E-state index in [1.165, 1.54) is 12.8 Å². The van der Waals surface area contributed by atoms with E-state index in [1.54, 1.807) is 10.9 Å². The first kappa shape index (κ1) is 13.5. The zero-order valence-corrected chi connectivity index (χ0v) is 10.8. The van der Waals surface area contributed by atoms with Gasteiger partial charge in [-0.1, -0.05) is 12.8 Å². The number of hydrogen-bond donors (Lipinski definition) is 3. The Morgan fingerprint density at radius 1 is 1.39 bits per heavy atom. The highest BCUT2D eigenvalue weighted by atomic mass is 16.3. The molecule has 5 heteroatoms. The molecular weight excluding hydrogens is 230 g/mol. The molecule has 5 nitrogen and oxygen atoms in total. The van der Waals surface area contributed by atoms with Gasteiger partial charge in [0.25, 0.3) is 0 Å². The molecule has 1 saturated carbocycles. The van der Waals surface area contributed by atoms with E-state index in [0.717, 1.165) is 19.4 Å². The third kappa shape index (κ3) is 3.54. The van der Waals surface area contributed by atoms with Crippen LogP contribution in [0.1, 0.15) is 25.7 Å². The fourth-order valence-corrected chi connectivity index (χ4v) is 2.71. The third-order valence-corrected chi connectivity index (χ3v) is 3.84. The van der Waals surface area contributed by atoms with Crippen molar-refractivity contribution in [2.45, 2.75) is 38.3 Å². The topological polar surface area (TPSA) is 70.3 Å². The Morgan fingerprint density at radius 3 is 2.78 bits per heavy atom. The molecular formula is C13H23N3O2. The summed E-state index contributed by atoms with van der Waals surface area (Å²) in [4.78, 5) is 0. The van der Waals surface area contributed by atoms with Crippen LogP contribution in [0.15, 0.2) is 18.5 Å². The Labute approximate surface area is 108 Å². The van der Waals surface area contributed by atoms with E-state index >= 15 is 0 Å². The second-order valence-electron chi connectivity index (χ2n) is 5.38. The largest absolute Gasteiger partial charge is 0.396 e. The maximum Gasteiger partial charge on any atom is 0.0860 e. The van der Waals surface area contributed by atoms with Gasteiger partial charge < -0.3 is 15.5 Å². The average molecular weight is 253 g/mol. The van der Waals surface area contributed by atoms with Gasteiger partial charge in [0.1, 0.15) is 0 Å². The Balaban J connectivity index is 1.68. The summed E-state index contributed by atoms with van der Waals surface area (Å²) in [6.07, 6.45) is 7.70. The molecule has 1 atom stereocenters. The highest BCUT2D eigenvalue weighted by Crippen LogP contribution is 2.36. The van der Waals surface area contributed by atoms with Crippen LogP contribution in [0.3, 0.4) is 0 Å². The lowest BCUT2D eigenvalue weighted by atomic mass is 9.87. The van der Waals surface area contributed by atoms with E-state index in [2.05, 4.69) is 10.4 Å². The van der Waals surface area contributed by atoms with Gasteiger partial charge in [-0.2, -0.15) is 5.10 Å². The van der Waals surface area contributed by atoms with Gasteiger partial charge in [0.15, 0.2) is 0 Å². The molecule has 1 heterocycles. The molecule has 0 bridgehead atoms. The van der Waals surface area contributed by atoms with E-state index in [9.17, 15) is 10.2 Å². The quantitative estimate of drug-likeness (QED) is 0.657. The summed E-state index contributed by atoms with van der Waals surface area (Å²) in [5.74, 6) is 0. The first-order chi connectivity index (χ1) is 8.74. The van der Waals surface area contributed by atoms with E-state index in [1.807, 2.05) is 12.3 Å². The van der Waals surface area contributed by atoms with Gasteiger partial charge in [0, 0.05) is 37.5 Å². The Morgan fingerprint density at radius 2 is 2.17 bits per heavy atom. The van der Waals surface area contributed by atoms with Gasteiger partial charge in [0.2, 0.25) is 0 Å². The second-order valence-corrected chi connectivity index (χ2v) is 5.38. The molecule has 0 amide bonds. The molecule has 1 fully saturated rings. The van der Waals surface area contributed by atoms with Crippen LogP contribution in [0.25, 0.3) is 0 Å². The Hall–Kier alpha value is -0.910. The summed E-state index contributed by atoms with van der Waals surface area (Å²) in [7, 11) is 0. The SMILES string of the molecule is OCC1(CNCC(O)Cn2cccn2)CCCC1.